The summed E-state index contributed by atoms with van der Waals surface area (Å²) < 4.78 is 43.1. The number of rotatable bonds is 8. The molecule has 0 saturated carbocycles. The third kappa shape index (κ3) is 5.43. The Hall–Kier alpha value is -4.50. The summed E-state index contributed by atoms with van der Waals surface area (Å²) in [6, 6.07) is 38.1. The summed E-state index contributed by atoms with van der Waals surface area (Å²) in [5.41, 5.74) is 3.35. The molecule has 0 bridgehead atoms. The Kier molecular flexibility index (Phi) is 9.05. The predicted octanol–water partition coefficient (Wildman–Crippen LogP) is 5.13. The maximum absolute atomic E-state index is 16.3. The molecule has 0 spiro atoms. The third-order valence-corrected chi connectivity index (χ3v) is 16.6. The summed E-state index contributed by atoms with van der Waals surface area (Å²) >= 11 is 0. The van der Waals surface area contributed by atoms with E-state index in [1.165, 1.54) is 14.2 Å². The normalized spacial score (nSPS) is 17.1. The van der Waals surface area contributed by atoms with Crippen LogP contribution in [0.1, 0.15) is 28.7 Å². The zero-order chi connectivity index (χ0) is 34.2. The number of esters is 2. The molecule has 0 fully saturated rings. The molecule has 8 heteroatoms. The van der Waals surface area contributed by atoms with Crippen LogP contribution in [0.15, 0.2) is 121 Å². The van der Waals surface area contributed by atoms with Gasteiger partial charge in [-0.25, -0.2) is 0 Å². The van der Waals surface area contributed by atoms with Crippen molar-refractivity contribution >= 4 is 58.0 Å². The quantitative estimate of drug-likeness (QED) is 0.166. The molecule has 0 N–H and O–H groups in total. The van der Waals surface area contributed by atoms with Gasteiger partial charge in [0.15, 0.2) is 14.3 Å². The van der Waals surface area contributed by atoms with Gasteiger partial charge in [-0.1, -0.05) is 121 Å². The fourth-order valence-electron chi connectivity index (χ4n) is 8.00. The van der Waals surface area contributed by atoms with E-state index in [4.69, 9.17) is 9.47 Å². The van der Waals surface area contributed by atoms with Crippen molar-refractivity contribution in [3.05, 3.63) is 144 Å². The Balaban J connectivity index is 1.66. The van der Waals surface area contributed by atoms with Crippen molar-refractivity contribution in [2.75, 3.05) is 14.2 Å². The van der Waals surface area contributed by atoms with Gasteiger partial charge in [0.2, 0.25) is 0 Å². The van der Waals surface area contributed by atoms with Gasteiger partial charge >= 0.3 is 11.9 Å². The first-order chi connectivity index (χ1) is 23.8. The minimum Gasteiger partial charge on any atom is -0.469 e. The standard InChI is InChI=1S/C41H38O6P2/c1-46-40(42)36-26-34-35(27-37(36)41(43)47-2)39(49(45,30-20-11-5-12-21-30)31-22-13-6-14-23-31)33-25-15-24-32(33)38(34)48(44,28-16-7-3-8-17-28)29-18-9-4-10-19-29/h3-14,16-23,36-37H,15,24-27H2,1-2H3/t36-,37-/m1/s1. The highest BCUT2D eigenvalue weighted by Crippen LogP contribution is 2.53. The van der Waals surface area contributed by atoms with Crippen molar-refractivity contribution in [2.45, 2.75) is 32.1 Å². The maximum Gasteiger partial charge on any atom is 0.309 e. The Morgan fingerprint density at radius 3 is 1.04 bits per heavy atom. The average molecular weight is 689 g/mol. The van der Waals surface area contributed by atoms with Crippen molar-refractivity contribution in [3.8, 4) is 0 Å². The van der Waals surface area contributed by atoms with Crippen LogP contribution < -0.4 is 31.8 Å². The second-order valence-electron chi connectivity index (χ2n) is 12.7. The van der Waals surface area contributed by atoms with Crippen molar-refractivity contribution < 1.29 is 28.2 Å². The number of fused-ring (bicyclic) bond motifs is 2. The van der Waals surface area contributed by atoms with Crippen molar-refractivity contribution in [1.82, 2.24) is 0 Å². The second-order valence-corrected chi connectivity index (χ2v) is 18.1. The molecule has 6 nitrogen and oxygen atoms in total. The number of carbonyl (C=O) groups excluding carboxylic acids is 2. The number of benzene rings is 5. The van der Waals surface area contributed by atoms with E-state index in [0.717, 1.165) is 28.7 Å². The first-order valence-electron chi connectivity index (χ1n) is 16.6. The van der Waals surface area contributed by atoms with E-state index in [2.05, 4.69) is 0 Å². The van der Waals surface area contributed by atoms with E-state index in [9.17, 15) is 9.59 Å². The Morgan fingerprint density at radius 1 is 0.490 bits per heavy atom. The molecule has 0 aromatic heterocycles. The molecule has 2 aliphatic carbocycles. The highest BCUT2D eigenvalue weighted by Gasteiger charge is 2.49. The topological polar surface area (TPSA) is 86.7 Å². The summed E-state index contributed by atoms with van der Waals surface area (Å²) in [5.74, 6) is -2.80. The Morgan fingerprint density at radius 2 is 0.776 bits per heavy atom. The predicted molar refractivity (Wildman–Crippen MR) is 196 cm³/mol. The van der Waals surface area contributed by atoms with Crippen LogP contribution in [-0.4, -0.2) is 26.2 Å². The molecule has 5 aromatic carbocycles. The van der Waals surface area contributed by atoms with E-state index in [0.29, 0.717) is 44.7 Å². The molecule has 5 aromatic rings. The Labute approximate surface area is 287 Å². The smallest absolute Gasteiger partial charge is 0.309 e. The minimum absolute atomic E-state index is 0.102. The number of ether oxygens (including phenoxy) is 2. The van der Waals surface area contributed by atoms with Gasteiger partial charge in [-0.3, -0.25) is 9.59 Å². The lowest BCUT2D eigenvalue weighted by Gasteiger charge is -2.38. The van der Waals surface area contributed by atoms with E-state index >= 15 is 9.13 Å². The van der Waals surface area contributed by atoms with E-state index in [1.54, 1.807) is 0 Å². The van der Waals surface area contributed by atoms with Crippen LogP contribution in [0.4, 0.5) is 0 Å². The van der Waals surface area contributed by atoms with Gasteiger partial charge in [0.1, 0.15) is 0 Å². The van der Waals surface area contributed by atoms with Crippen LogP contribution in [-0.2, 0) is 53.9 Å². The fraction of sp³-hybridized carbons (Fsp3) is 0.220. The van der Waals surface area contributed by atoms with Gasteiger partial charge in [-0.05, 0) is 54.4 Å². The van der Waals surface area contributed by atoms with Crippen LogP contribution in [0.5, 0.6) is 0 Å². The van der Waals surface area contributed by atoms with Gasteiger partial charge in [0, 0.05) is 31.8 Å². The molecule has 0 amide bonds. The van der Waals surface area contributed by atoms with Crippen molar-refractivity contribution in [3.63, 3.8) is 0 Å². The second kappa shape index (κ2) is 13.4. The fourth-order valence-corrected chi connectivity index (χ4v) is 14.5. The van der Waals surface area contributed by atoms with E-state index in [-0.39, 0.29) is 12.8 Å². The van der Waals surface area contributed by atoms with Crippen LogP contribution in [0.2, 0.25) is 0 Å². The zero-order valence-electron chi connectivity index (χ0n) is 27.6. The molecule has 2 atom stereocenters. The molecule has 2 aliphatic rings. The SMILES string of the molecule is COC(=O)[C@@H]1Cc2c(c(P(=O)(c3ccccc3)c3ccccc3)c3c(c2P(=O)(c2ccccc2)c2ccccc2)CCC3)C[C@H]1C(=O)OC. The molecular formula is C41H38O6P2. The van der Waals surface area contributed by atoms with Gasteiger partial charge < -0.3 is 18.6 Å². The Bertz CT molecular complexity index is 1880. The first kappa shape index (κ1) is 33.0. The summed E-state index contributed by atoms with van der Waals surface area (Å²) in [6.07, 6.45) is 2.31. The van der Waals surface area contributed by atoms with Crippen LogP contribution >= 0.6 is 14.3 Å². The summed E-state index contributed by atoms with van der Waals surface area (Å²) in [6.45, 7) is 0. The lowest BCUT2D eigenvalue weighted by atomic mass is 9.74. The van der Waals surface area contributed by atoms with Crippen molar-refractivity contribution in [2.24, 2.45) is 11.8 Å². The molecule has 0 saturated heterocycles. The van der Waals surface area contributed by atoms with Crippen LogP contribution in [0, 0.1) is 11.8 Å². The minimum atomic E-state index is -3.57. The summed E-state index contributed by atoms with van der Waals surface area (Å²) in [4.78, 5) is 27.0. The van der Waals surface area contributed by atoms with E-state index in [1.807, 2.05) is 121 Å². The molecule has 248 valence electrons. The molecule has 0 heterocycles. The largest absolute Gasteiger partial charge is 0.469 e. The first-order valence-corrected chi connectivity index (χ1v) is 20.0. The van der Waals surface area contributed by atoms with Gasteiger partial charge in [-0.2, -0.15) is 0 Å². The van der Waals surface area contributed by atoms with Gasteiger partial charge in [0.05, 0.1) is 26.1 Å². The molecule has 0 aliphatic heterocycles. The number of hydrogen-bond donors (Lipinski definition) is 0. The maximum atomic E-state index is 16.3. The molecular weight excluding hydrogens is 650 g/mol. The molecule has 49 heavy (non-hydrogen) atoms. The van der Waals surface area contributed by atoms with Crippen LogP contribution in [0.25, 0.3) is 0 Å². The summed E-state index contributed by atoms with van der Waals surface area (Å²) in [5, 5.41) is 4.16. The van der Waals surface area contributed by atoms with Crippen molar-refractivity contribution in [1.29, 1.82) is 0 Å². The van der Waals surface area contributed by atoms with Crippen LogP contribution in [0.3, 0.4) is 0 Å². The lowest BCUT2D eigenvalue weighted by Crippen LogP contribution is -2.45. The number of methoxy groups -OCH3 is 2. The van der Waals surface area contributed by atoms with Gasteiger partial charge in [-0.15, -0.1) is 0 Å². The lowest BCUT2D eigenvalue weighted by molar-refractivity contribution is -0.158. The molecule has 7 rings (SSSR count). The molecule has 0 unspecified atom stereocenters. The highest BCUT2D eigenvalue weighted by molar-refractivity contribution is 7.86. The highest BCUT2D eigenvalue weighted by atomic mass is 31.2. The summed E-state index contributed by atoms with van der Waals surface area (Å²) in [7, 11) is -4.50. The molecule has 0 radical (unpaired) electrons. The number of hydrogen-bond acceptors (Lipinski definition) is 6. The monoisotopic (exact) mass is 688 g/mol. The van der Waals surface area contributed by atoms with E-state index < -0.39 is 38.1 Å². The third-order valence-electron chi connectivity index (χ3n) is 10.2. The number of carbonyl (C=O) groups is 2. The van der Waals surface area contributed by atoms with Gasteiger partial charge in [0.25, 0.3) is 0 Å². The average Bonchev–Trinajstić information content (AvgIpc) is 3.65. The zero-order valence-corrected chi connectivity index (χ0v) is 29.4.